The largest absolute Gasteiger partial charge is 0.493 e. The lowest BCUT2D eigenvalue weighted by atomic mass is 10.1. The Morgan fingerprint density at radius 2 is 1.83 bits per heavy atom. The van der Waals surface area contributed by atoms with Gasteiger partial charge >= 0.3 is 6.18 Å². The lowest BCUT2D eigenvalue weighted by molar-refractivity contribution is -0.138. The maximum atomic E-state index is 13.0. The molecule has 0 bridgehead atoms. The van der Waals surface area contributed by atoms with Gasteiger partial charge in [0.05, 0.1) is 12.7 Å². The van der Waals surface area contributed by atoms with Gasteiger partial charge < -0.3 is 9.47 Å². The number of benzene rings is 2. The van der Waals surface area contributed by atoms with Crippen LogP contribution < -0.4 is 9.47 Å². The van der Waals surface area contributed by atoms with Crippen LogP contribution in [0.3, 0.4) is 0 Å². The van der Waals surface area contributed by atoms with Crippen LogP contribution in [0.25, 0.3) is 0 Å². The first-order valence-electron chi connectivity index (χ1n) is 6.47. The molecule has 0 unspecified atom stereocenters. The summed E-state index contributed by atoms with van der Waals surface area (Å²) in [7, 11) is 1.34. The zero-order valence-corrected chi connectivity index (χ0v) is 12.0. The first-order valence-corrected chi connectivity index (χ1v) is 6.47. The van der Waals surface area contributed by atoms with Gasteiger partial charge in [-0.3, -0.25) is 4.79 Å². The van der Waals surface area contributed by atoms with E-state index >= 15 is 0 Å². The van der Waals surface area contributed by atoms with Crippen molar-refractivity contribution in [3.8, 4) is 11.5 Å². The molecular weight excluding hydrogens is 316 g/mol. The van der Waals surface area contributed by atoms with Crippen molar-refractivity contribution >= 4 is 6.29 Å². The summed E-state index contributed by atoms with van der Waals surface area (Å²) in [4.78, 5) is 10.7. The summed E-state index contributed by atoms with van der Waals surface area (Å²) in [6.45, 7) is -0.425. The van der Waals surface area contributed by atoms with E-state index in [2.05, 4.69) is 0 Å². The molecule has 0 saturated heterocycles. The van der Waals surface area contributed by atoms with Crippen molar-refractivity contribution < 1.29 is 31.8 Å². The predicted molar refractivity (Wildman–Crippen MR) is 74.1 cm³/mol. The average Bonchev–Trinajstić information content (AvgIpc) is 2.52. The van der Waals surface area contributed by atoms with Gasteiger partial charge in [0.1, 0.15) is 18.7 Å². The van der Waals surface area contributed by atoms with Crippen LogP contribution in [0.1, 0.15) is 21.5 Å². The van der Waals surface area contributed by atoms with Crippen molar-refractivity contribution in [2.75, 3.05) is 7.11 Å². The molecule has 0 aliphatic carbocycles. The molecule has 2 aromatic carbocycles. The molecule has 2 rings (SSSR count). The molecule has 7 heteroatoms. The van der Waals surface area contributed by atoms with E-state index in [4.69, 9.17) is 9.47 Å². The maximum Gasteiger partial charge on any atom is 0.416 e. The number of rotatable bonds is 5. The molecule has 0 radical (unpaired) electrons. The Kier molecular flexibility index (Phi) is 4.88. The van der Waals surface area contributed by atoms with E-state index < -0.39 is 24.2 Å². The van der Waals surface area contributed by atoms with E-state index in [1.807, 2.05) is 0 Å². The van der Waals surface area contributed by atoms with Crippen LogP contribution >= 0.6 is 0 Å². The molecule has 0 aromatic heterocycles. The highest BCUT2D eigenvalue weighted by Gasteiger charge is 2.33. The lowest BCUT2D eigenvalue weighted by Crippen LogP contribution is -2.11. The topological polar surface area (TPSA) is 35.5 Å². The molecule has 0 heterocycles. The fourth-order valence-electron chi connectivity index (χ4n) is 1.97. The second-order valence-corrected chi connectivity index (χ2v) is 4.62. The Morgan fingerprint density at radius 1 is 1.09 bits per heavy atom. The zero-order valence-electron chi connectivity index (χ0n) is 12.0. The van der Waals surface area contributed by atoms with Gasteiger partial charge in [-0.2, -0.15) is 13.2 Å². The first-order chi connectivity index (χ1) is 10.8. The number of carbonyl (C=O) groups is 1. The van der Waals surface area contributed by atoms with E-state index in [9.17, 15) is 22.4 Å². The van der Waals surface area contributed by atoms with Gasteiger partial charge in [0.2, 0.25) is 0 Å². The molecule has 23 heavy (non-hydrogen) atoms. The summed E-state index contributed by atoms with van der Waals surface area (Å²) in [5.41, 5.74) is -0.964. The van der Waals surface area contributed by atoms with Gasteiger partial charge in [0.15, 0.2) is 11.5 Å². The van der Waals surface area contributed by atoms with Crippen molar-refractivity contribution in [3.05, 3.63) is 58.9 Å². The van der Waals surface area contributed by atoms with Crippen molar-refractivity contribution in [1.82, 2.24) is 0 Å². The van der Waals surface area contributed by atoms with Crippen molar-refractivity contribution in [3.63, 3.8) is 0 Å². The molecule has 3 nitrogen and oxygen atoms in total. The van der Waals surface area contributed by atoms with E-state index in [1.54, 1.807) is 0 Å². The summed E-state index contributed by atoms with van der Waals surface area (Å²) in [5.74, 6) is -0.588. The van der Waals surface area contributed by atoms with E-state index in [0.717, 1.165) is 12.1 Å². The number of alkyl halides is 3. The second-order valence-electron chi connectivity index (χ2n) is 4.62. The van der Waals surface area contributed by atoms with Crippen molar-refractivity contribution in [1.29, 1.82) is 0 Å². The minimum Gasteiger partial charge on any atom is -0.493 e. The number of ether oxygens (including phenoxy) is 2. The molecule has 0 N–H and O–H groups in total. The normalized spacial score (nSPS) is 11.2. The number of aldehydes is 1. The fraction of sp³-hybridized carbons (Fsp3) is 0.188. The first kappa shape index (κ1) is 16.8. The van der Waals surface area contributed by atoms with Crippen LogP contribution in [0, 0.1) is 5.82 Å². The van der Waals surface area contributed by atoms with Gasteiger partial charge in [-0.05, 0) is 30.3 Å². The Balaban J connectivity index is 2.26. The molecule has 0 spiro atoms. The number of halogens is 4. The zero-order chi connectivity index (χ0) is 17.0. The van der Waals surface area contributed by atoms with Crippen LogP contribution in [0.2, 0.25) is 0 Å². The number of methoxy groups -OCH3 is 1. The Hall–Kier alpha value is -2.57. The van der Waals surface area contributed by atoms with Crippen molar-refractivity contribution in [2.24, 2.45) is 0 Å². The summed E-state index contributed by atoms with van der Waals surface area (Å²) >= 11 is 0. The van der Waals surface area contributed by atoms with Gasteiger partial charge in [-0.15, -0.1) is 0 Å². The molecule has 0 aliphatic heterocycles. The minimum absolute atomic E-state index is 0.176. The monoisotopic (exact) mass is 328 g/mol. The average molecular weight is 328 g/mol. The SMILES string of the molecule is COc1cc(C=O)ccc1OCc1ccc(F)cc1C(F)(F)F. The van der Waals surface area contributed by atoms with Gasteiger partial charge in [0, 0.05) is 11.1 Å². The van der Waals surface area contributed by atoms with Gasteiger partial charge in [-0.25, -0.2) is 4.39 Å². The third kappa shape index (κ3) is 4.00. The summed E-state index contributed by atoms with van der Waals surface area (Å²) in [6, 6.07) is 6.63. The number of carbonyl (C=O) groups excluding carboxylic acids is 1. The van der Waals surface area contributed by atoms with Crippen LogP contribution in [-0.2, 0) is 12.8 Å². The van der Waals surface area contributed by atoms with Gasteiger partial charge in [0.25, 0.3) is 0 Å². The van der Waals surface area contributed by atoms with Crippen LogP contribution in [0.5, 0.6) is 11.5 Å². The highest BCUT2D eigenvalue weighted by Crippen LogP contribution is 2.34. The highest BCUT2D eigenvalue weighted by atomic mass is 19.4. The molecule has 0 atom stereocenters. The Morgan fingerprint density at radius 3 is 2.43 bits per heavy atom. The number of hydrogen-bond acceptors (Lipinski definition) is 3. The number of hydrogen-bond donors (Lipinski definition) is 0. The summed E-state index contributed by atoms with van der Waals surface area (Å²) < 4.78 is 62.1. The van der Waals surface area contributed by atoms with E-state index in [0.29, 0.717) is 17.9 Å². The van der Waals surface area contributed by atoms with Crippen LogP contribution in [0.15, 0.2) is 36.4 Å². The minimum atomic E-state index is -4.69. The van der Waals surface area contributed by atoms with E-state index in [1.165, 1.54) is 25.3 Å². The van der Waals surface area contributed by atoms with Crippen LogP contribution in [0.4, 0.5) is 17.6 Å². The Labute approximate surface area is 129 Å². The van der Waals surface area contributed by atoms with Crippen LogP contribution in [-0.4, -0.2) is 13.4 Å². The third-order valence-electron chi connectivity index (χ3n) is 3.08. The summed E-state index contributed by atoms with van der Waals surface area (Å²) in [6.07, 6.45) is -4.08. The van der Waals surface area contributed by atoms with Gasteiger partial charge in [-0.1, -0.05) is 6.07 Å². The fourth-order valence-corrected chi connectivity index (χ4v) is 1.97. The Bertz CT molecular complexity index is 711. The lowest BCUT2D eigenvalue weighted by Gasteiger charge is -2.15. The molecule has 0 saturated carbocycles. The van der Waals surface area contributed by atoms with E-state index in [-0.39, 0.29) is 17.1 Å². The standard InChI is InChI=1S/C16H12F4O3/c1-22-15-6-10(8-21)2-5-14(15)23-9-11-3-4-12(17)7-13(11)16(18,19)20/h2-8H,9H2,1H3. The third-order valence-corrected chi connectivity index (χ3v) is 3.08. The van der Waals surface area contributed by atoms with Crippen molar-refractivity contribution in [2.45, 2.75) is 12.8 Å². The molecule has 122 valence electrons. The second kappa shape index (κ2) is 6.68. The highest BCUT2D eigenvalue weighted by molar-refractivity contribution is 5.76. The molecule has 0 fully saturated rings. The molecule has 0 amide bonds. The maximum absolute atomic E-state index is 13.0. The quantitative estimate of drug-likeness (QED) is 0.608. The summed E-state index contributed by atoms with van der Waals surface area (Å²) in [5, 5.41) is 0. The predicted octanol–water partition coefficient (Wildman–Crippen LogP) is 4.24. The molecule has 2 aromatic rings. The molecule has 0 aliphatic rings. The smallest absolute Gasteiger partial charge is 0.416 e. The molecular formula is C16H12F4O3.